The second kappa shape index (κ2) is 5.01. The van der Waals surface area contributed by atoms with E-state index >= 15 is 0 Å². The fraction of sp³-hybridized carbons (Fsp3) is 0.308. The molecule has 0 amide bonds. The molecule has 0 aliphatic carbocycles. The lowest BCUT2D eigenvalue weighted by molar-refractivity contribution is 0.199. The Morgan fingerprint density at radius 1 is 1.47 bits per heavy atom. The zero-order chi connectivity index (χ0) is 12.3. The maximum atomic E-state index is 9.69. The van der Waals surface area contributed by atoms with Crippen LogP contribution in [0.5, 0.6) is 0 Å². The van der Waals surface area contributed by atoms with E-state index < -0.39 is 6.10 Å². The highest BCUT2D eigenvalue weighted by molar-refractivity contribution is 5.47. The van der Waals surface area contributed by atoms with Gasteiger partial charge in [0.2, 0.25) is 0 Å². The minimum atomic E-state index is -0.523. The average Bonchev–Trinajstić information content (AvgIpc) is 2.81. The smallest absolute Gasteiger partial charge is 0.134 e. The first-order valence-electron chi connectivity index (χ1n) is 5.53. The van der Waals surface area contributed by atoms with E-state index in [4.69, 9.17) is 4.42 Å². The topological polar surface area (TPSA) is 49.5 Å². The maximum absolute atomic E-state index is 9.69. The van der Waals surface area contributed by atoms with Crippen molar-refractivity contribution in [2.24, 2.45) is 0 Å². The highest BCUT2D eigenvalue weighted by Gasteiger charge is 2.12. The molecule has 0 saturated heterocycles. The van der Waals surface area contributed by atoms with Crippen LogP contribution in [0.15, 0.2) is 41.3 Å². The lowest BCUT2D eigenvalue weighted by atomic mass is 10.1. The molecule has 90 valence electrons. The van der Waals surface area contributed by atoms with Crippen LogP contribution in [0.2, 0.25) is 0 Å². The minimum Gasteiger partial charge on any atom is -0.472 e. The molecule has 1 unspecified atom stereocenters. The second-order valence-electron chi connectivity index (χ2n) is 4.08. The van der Waals surface area contributed by atoms with Crippen molar-refractivity contribution in [1.29, 1.82) is 0 Å². The first-order valence-corrected chi connectivity index (χ1v) is 5.53. The predicted octanol–water partition coefficient (Wildman–Crippen LogP) is 2.36. The quantitative estimate of drug-likeness (QED) is 0.879. The number of rotatable bonds is 4. The number of aliphatic hydroxyl groups is 1. The summed E-state index contributed by atoms with van der Waals surface area (Å²) < 4.78 is 5.03. The van der Waals surface area contributed by atoms with Crippen LogP contribution in [0.1, 0.15) is 24.2 Å². The van der Waals surface area contributed by atoms with E-state index in [-0.39, 0.29) is 0 Å². The first kappa shape index (κ1) is 11.7. The molecule has 2 aromatic rings. The fourth-order valence-electron chi connectivity index (χ4n) is 1.79. The molecule has 4 nitrogen and oxygen atoms in total. The summed E-state index contributed by atoms with van der Waals surface area (Å²) in [7, 11) is 1.95. The molecule has 0 aliphatic heterocycles. The molecule has 1 N–H and O–H groups in total. The van der Waals surface area contributed by atoms with Gasteiger partial charge in [0.25, 0.3) is 0 Å². The van der Waals surface area contributed by atoms with Gasteiger partial charge >= 0.3 is 0 Å². The lowest BCUT2D eigenvalue weighted by Gasteiger charge is -2.21. The van der Waals surface area contributed by atoms with Crippen molar-refractivity contribution in [1.82, 2.24) is 4.98 Å². The summed E-state index contributed by atoms with van der Waals surface area (Å²) in [6, 6.07) is 5.64. The van der Waals surface area contributed by atoms with Crippen LogP contribution in [0.25, 0.3) is 0 Å². The van der Waals surface area contributed by atoms with E-state index in [1.165, 1.54) is 0 Å². The van der Waals surface area contributed by atoms with Crippen molar-refractivity contribution < 1.29 is 9.52 Å². The summed E-state index contributed by atoms with van der Waals surface area (Å²) >= 11 is 0. The summed E-state index contributed by atoms with van der Waals surface area (Å²) in [5.41, 5.74) is 1.91. The molecule has 17 heavy (non-hydrogen) atoms. The Hall–Kier alpha value is -1.81. The van der Waals surface area contributed by atoms with Crippen LogP contribution < -0.4 is 4.90 Å². The van der Waals surface area contributed by atoms with Crippen molar-refractivity contribution in [3.05, 3.63) is 48.0 Å². The third-order valence-corrected chi connectivity index (χ3v) is 2.63. The number of hydrogen-bond donors (Lipinski definition) is 1. The van der Waals surface area contributed by atoms with Crippen LogP contribution in [0, 0.1) is 0 Å². The Labute approximate surface area is 101 Å². The van der Waals surface area contributed by atoms with Gasteiger partial charge in [0.15, 0.2) is 0 Å². The molecule has 1 atom stereocenters. The van der Waals surface area contributed by atoms with Crippen molar-refractivity contribution >= 4 is 5.82 Å². The van der Waals surface area contributed by atoms with Gasteiger partial charge in [0.05, 0.1) is 18.6 Å². The minimum absolute atomic E-state index is 0.523. The van der Waals surface area contributed by atoms with Crippen LogP contribution in [0.4, 0.5) is 5.82 Å². The van der Waals surface area contributed by atoms with Gasteiger partial charge in [0.1, 0.15) is 5.82 Å². The molecule has 0 aliphatic rings. The van der Waals surface area contributed by atoms with Gasteiger partial charge in [-0.1, -0.05) is 6.07 Å². The molecule has 0 bridgehead atoms. The summed E-state index contributed by atoms with van der Waals surface area (Å²) in [5, 5.41) is 9.69. The molecular weight excluding hydrogens is 216 g/mol. The first-order chi connectivity index (χ1) is 8.18. The largest absolute Gasteiger partial charge is 0.472 e. The zero-order valence-corrected chi connectivity index (χ0v) is 10.00. The van der Waals surface area contributed by atoms with E-state index in [1.54, 1.807) is 25.6 Å². The number of nitrogens with zero attached hydrogens (tertiary/aromatic N) is 2. The summed E-state index contributed by atoms with van der Waals surface area (Å²) in [6.45, 7) is 2.44. The number of aromatic nitrogens is 1. The summed E-state index contributed by atoms with van der Waals surface area (Å²) in [5.74, 6) is 0.795. The van der Waals surface area contributed by atoms with Gasteiger partial charge in [-0.15, -0.1) is 0 Å². The predicted molar refractivity (Wildman–Crippen MR) is 65.7 cm³/mol. The van der Waals surface area contributed by atoms with Crippen molar-refractivity contribution in [3.8, 4) is 0 Å². The van der Waals surface area contributed by atoms with Crippen molar-refractivity contribution in [3.63, 3.8) is 0 Å². The summed E-state index contributed by atoms with van der Waals surface area (Å²) in [4.78, 5) is 6.31. The average molecular weight is 232 g/mol. The van der Waals surface area contributed by atoms with E-state index in [0.717, 1.165) is 16.9 Å². The lowest BCUT2D eigenvalue weighted by Crippen LogP contribution is -2.19. The van der Waals surface area contributed by atoms with Crippen molar-refractivity contribution in [2.45, 2.75) is 19.6 Å². The molecule has 0 fully saturated rings. The third kappa shape index (κ3) is 2.65. The number of hydrogen-bond acceptors (Lipinski definition) is 4. The number of anilines is 1. The Morgan fingerprint density at radius 2 is 2.29 bits per heavy atom. The van der Waals surface area contributed by atoms with E-state index in [2.05, 4.69) is 4.98 Å². The highest BCUT2D eigenvalue weighted by atomic mass is 16.3. The normalized spacial score (nSPS) is 12.4. The fourth-order valence-corrected chi connectivity index (χ4v) is 1.79. The Bertz CT molecular complexity index is 466. The zero-order valence-electron chi connectivity index (χ0n) is 10.00. The standard InChI is InChI=1S/C13H16N2O2/c1-10(16)12-4-3-6-14-13(12)15(2)8-11-5-7-17-9-11/h3-7,9-10,16H,8H2,1-2H3. The molecule has 0 spiro atoms. The van der Waals surface area contributed by atoms with Gasteiger partial charge < -0.3 is 14.4 Å². The third-order valence-electron chi connectivity index (χ3n) is 2.63. The molecule has 4 heteroatoms. The molecular formula is C13H16N2O2. The van der Waals surface area contributed by atoms with Crippen LogP contribution in [-0.2, 0) is 6.54 Å². The van der Waals surface area contributed by atoms with Gasteiger partial charge in [-0.2, -0.15) is 0 Å². The second-order valence-corrected chi connectivity index (χ2v) is 4.08. The number of furan rings is 1. The molecule has 2 heterocycles. The van der Waals surface area contributed by atoms with Crippen molar-refractivity contribution in [2.75, 3.05) is 11.9 Å². The van der Waals surface area contributed by atoms with Crippen LogP contribution >= 0.6 is 0 Å². The molecule has 0 aromatic carbocycles. The molecule has 0 radical (unpaired) electrons. The Morgan fingerprint density at radius 3 is 2.94 bits per heavy atom. The van der Waals surface area contributed by atoms with E-state index in [9.17, 15) is 5.11 Å². The Kier molecular flexibility index (Phi) is 3.44. The van der Waals surface area contributed by atoms with Crippen LogP contribution in [0.3, 0.4) is 0 Å². The SMILES string of the molecule is CC(O)c1cccnc1N(C)Cc1ccoc1. The van der Waals surface area contributed by atoms with Gasteiger partial charge in [-0.25, -0.2) is 4.98 Å². The number of pyridine rings is 1. The van der Waals surface area contributed by atoms with Gasteiger partial charge in [-0.05, 0) is 19.1 Å². The molecule has 0 saturated carbocycles. The highest BCUT2D eigenvalue weighted by Crippen LogP contribution is 2.23. The monoisotopic (exact) mass is 232 g/mol. The maximum Gasteiger partial charge on any atom is 0.134 e. The van der Waals surface area contributed by atoms with Gasteiger partial charge in [-0.3, -0.25) is 0 Å². The van der Waals surface area contributed by atoms with E-state index in [1.807, 2.05) is 30.1 Å². The molecule has 2 aromatic heterocycles. The summed E-state index contributed by atoms with van der Waals surface area (Å²) in [6.07, 6.45) is 4.57. The van der Waals surface area contributed by atoms with Crippen LogP contribution in [-0.4, -0.2) is 17.1 Å². The van der Waals surface area contributed by atoms with Gasteiger partial charge in [0, 0.05) is 30.9 Å². The van der Waals surface area contributed by atoms with E-state index in [0.29, 0.717) is 6.54 Å². The Balaban J connectivity index is 2.21. The molecule has 2 rings (SSSR count). The number of aliphatic hydroxyl groups excluding tert-OH is 1.